The van der Waals surface area contributed by atoms with Gasteiger partial charge in [-0.2, -0.15) is 0 Å². The molecule has 0 unspecified atom stereocenters. The van der Waals surface area contributed by atoms with E-state index in [2.05, 4.69) is 0 Å². The Morgan fingerprint density at radius 3 is 2.00 bits per heavy atom. The van der Waals surface area contributed by atoms with Crippen LogP contribution in [0.3, 0.4) is 0 Å². The summed E-state index contributed by atoms with van der Waals surface area (Å²) in [6, 6.07) is 2.38. The zero-order valence-corrected chi connectivity index (χ0v) is 13.3. The fraction of sp³-hybridized carbons (Fsp3) is 0.467. The number of carbonyl (C=O) groups is 2. The van der Waals surface area contributed by atoms with Crippen LogP contribution in [0, 0.1) is 0 Å². The lowest BCUT2D eigenvalue weighted by Gasteiger charge is -2.06. The highest BCUT2D eigenvalue weighted by atomic mass is 16.4. The van der Waals surface area contributed by atoms with Gasteiger partial charge in [-0.05, 0) is 43.5 Å². The Hall–Kier alpha value is -2.36. The van der Waals surface area contributed by atoms with Gasteiger partial charge in [0.05, 0.1) is 0 Å². The Balaban J connectivity index is 0.000000470. The number of aromatic hydroxyl groups is 2. The quantitative estimate of drug-likeness (QED) is 0.242. The van der Waals surface area contributed by atoms with Crippen molar-refractivity contribution in [1.82, 2.24) is 0 Å². The average Bonchev–Trinajstić information content (AvgIpc) is 2.51. The normalized spacial score (nSPS) is 12.6. The summed E-state index contributed by atoms with van der Waals surface area (Å²) in [5.74, 6) is -2.55. The number of hydrogen-bond donors (Lipinski definition) is 7. The SMILES string of the molecule is NCCCC[C@H](N)C(=O)O.N[C@@H](Cc1ccc(O)c(O)c1)C(=O)O. The van der Waals surface area contributed by atoms with Gasteiger partial charge in [0.2, 0.25) is 0 Å². The van der Waals surface area contributed by atoms with Gasteiger partial charge in [0, 0.05) is 0 Å². The average molecular weight is 343 g/mol. The molecule has 0 amide bonds. The number of rotatable bonds is 8. The van der Waals surface area contributed by atoms with Gasteiger partial charge in [0.25, 0.3) is 0 Å². The molecule has 10 N–H and O–H groups in total. The molecule has 0 saturated heterocycles. The van der Waals surface area contributed by atoms with Crippen molar-refractivity contribution in [2.75, 3.05) is 6.54 Å². The van der Waals surface area contributed by atoms with Gasteiger partial charge < -0.3 is 37.6 Å². The molecule has 0 heterocycles. The molecule has 0 radical (unpaired) electrons. The first-order valence-corrected chi connectivity index (χ1v) is 7.36. The number of phenolic OH excluding ortho intramolecular Hbond substituents is 2. The van der Waals surface area contributed by atoms with E-state index < -0.39 is 24.0 Å². The first kappa shape index (κ1) is 21.6. The van der Waals surface area contributed by atoms with E-state index in [1.54, 1.807) is 0 Å². The number of aliphatic carboxylic acids is 2. The van der Waals surface area contributed by atoms with E-state index in [1.165, 1.54) is 18.2 Å². The van der Waals surface area contributed by atoms with Crippen LogP contribution in [-0.4, -0.2) is 51.0 Å². The summed E-state index contributed by atoms with van der Waals surface area (Å²) in [6.07, 6.45) is 2.28. The van der Waals surface area contributed by atoms with Crippen LogP contribution >= 0.6 is 0 Å². The number of phenols is 2. The van der Waals surface area contributed by atoms with Crippen molar-refractivity contribution < 1.29 is 30.0 Å². The van der Waals surface area contributed by atoms with Crippen LogP contribution in [-0.2, 0) is 16.0 Å². The minimum absolute atomic E-state index is 0.114. The summed E-state index contributed by atoms with van der Waals surface area (Å²) in [4.78, 5) is 20.6. The molecule has 1 aromatic rings. The summed E-state index contributed by atoms with van der Waals surface area (Å²) in [5.41, 5.74) is 16.3. The molecule has 0 aliphatic heterocycles. The Bertz CT molecular complexity index is 538. The van der Waals surface area contributed by atoms with Crippen molar-refractivity contribution >= 4 is 11.9 Å². The van der Waals surface area contributed by atoms with E-state index in [0.717, 1.165) is 12.8 Å². The Kier molecular flexibility index (Phi) is 10.1. The third kappa shape index (κ3) is 8.93. The van der Waals surface area contributed by atoms with Crippen molar-refractivity contribution in [1.29, 1.82) is 0 Å². The van der Waals surface area contributed by atoms with Crippen LogP contribution in [0.5, 0.6) is 11.5 Å². The van der Waals surface area contributed by atoms with E-state index in [-0.39, 0.29) is 17.9 Å². The second-order valence-electron chi connectivity index (χ2n) is 5.20. The highest BCUT2D eigenvalue weighted by molar-refractivity contribution is 5.73. The first-order chi connectivity index (χ1) is 11.2. The largest absolute Gasteiger partial charge is 0.504 e. The number of nitrogens with two attached hydrogens (primary N) is 3. The number of carboxylic acid groups (broad SMARTS) is 2. The Morgan fingerprint density at radius 1 is 0.958 bits per heavy atom. The van der Waals surface area contributed by atoms with Crippen LogP contribution in [0.25, 0.3) is 0 Å². The summed E-state index contributed by atoms with van der Waals surface area (Å²) >= 11 is 0. The minimum Gasteiger partial charge on any atom is -0.504 e. The summed E-state index contributed by atoms with van der Waals surface area (Å²) in [7, 11) is 0. The van der Waals surface area contributed by atoms with Gasteiger partial charge in [-0.15, -0.1) is 0 Å². The van der Waals surface area contributed by atoms with Crippen molar-refractivity contribution in [3.05, 3.63) is 23.8 Å². The molecule has 9 nitrogen and oxygen atoms in total. The molecule has 0 fully saturated rings. The van der Waals surface area contributed by atoms with Crippen molar-refractivity contribution in [2.45, 2.75) is 37.8 Å². The van der Waals surface area contributed by atoms with Gasteiger partial charge in [0.15, 0.2) is 11.5 Å². The van der Waals surface area contributed by atoms with Crippen LogP contribution in [0.1, 0.15) is 24.8 Å². The van der Waals surface area contributed by atoms with Crippen LogP contribution in [0.4, 0.5) is 0 Å². The lowest BCUT2D eigenvalue weighted by atomic mass is 10.1. The fourth-order valence-electron chi connectivity index (χ4n) is 1.67. The van der Waals surface area contributed by atoms with Gasteiger partial charge in [0.1, 0.15) is 12.1 Å². The van der Waals surface area contributed by atoms with E-state index in [0.29, 0.717) is 18.5 Å². The molecule has 24 heavy (non-hydrogen) atoms. The van der Waals surface area contributed by atoms with E-state index in [1.807, 2.05) is 0 Å². The van der Waals surface area contributed by atoms with Crippen molar-refractivity contribution in [3.8, 4) is 11.5 Å². The third-order valence-corrected chi connectivity index (χ3v) is 3.10. The fourth-order valence-corrected chi connectivity index (χ4v) is 1.67. The summed E-state index contributed by atoms with van der Waals surface area (Å²) in [5, 5.41) is 35.0. The van der Waals surface area contributed by atoms with Gasteiger partial charge in [-0.25, -0.2) is 0 Å². The Labute approximate surface area is 139 Å². The van der Waals surface area contributed by atoms with Gasteiger partial charge >= 0.3 is 11.9 Å². The molecule has 2 atom stereocenters. The van der Waals surface area contributed by atoms with Crippen molar-refractivity contribution in [2.24, 2.45) is 17.2 Å². The summed E-state index contributed by atoms with van der Waals surface area (Å²) in [6.45, 7) is 0.604. The maximum Gasteiger partial charge on any atom is 0.320 e. The van der Waals surface area contributed by atoms with Crippen LogP contribution in [0.2, 0.25) is 0 Å². The molecule has 0 spiro atoms. The molecular formula is C15H25N3O6. The molecule has 0 aliphatic rings. The highest BCUT2D eigenvalue weighted by Crippen LogP contribution is 2.25. The zero-order valence-electron chi connectivity index (χ0n) is 13.3. The van der Waals surface area contributed by atoms with Gasteiger partial charge in [-0.1, -0.05) is 12.5 Å². The molecule has 1 aromatic carbocycles. The smallest absolute Gasteiger partial charge is 0.320 e. The topological polar surface area (TPSA) is 193 Å². The standard InChI is InChI=1S/C9H11NO4.C6H14N2O2/c10-6(9(13)14)3-5-1-2-7(11)8(12)4-5;7-4-2-1-3-5(8)6(9)10/h1-2,4,6,11-12H,3,10H2,(H,13,14);5H,1-4,7-8H2,(H,9,10)/t6-;5-/m00/s1. The molecule has 0 bridgehead atoms. The molecular weight excluding hydrogens is 318 g/mol. The first-order valence-electron chi connectivity index (χ1n) is 7.36. The minimum atomic E-state index is -1.10. The zero-order chi connectivity index (χ0) is 18.7. The number of unbranched alkanes of at least 4 members (excludes halogenated alkanes) is 1. The van der Waals surface area contributed by atoms with E-state index in [9.17, 15) is 9.59 Å². The van der Waals surface area contributed by atoms with E-state index >= 15 is 0 Å². The predicted molar refractivity (Wildman–Crippen MR) is 87.6 cm³/mol. The molecule has 0 aromatic heterocycles. The maximum absolute atomic E-state index is 10.4. The molecule has 0 aliphatic carbocycles. The highest BCUT2D eigenvalue weighted by Gasteiger charge is 2.12. The molecule has 136 valence electrons. The maximum atomic E-state index is 10.4. The Morgan fingerprint density at radius 2 is 1.54 bits per heavy atom. The molecule has 0 saturated carbocycles. The monoisotopic (exact) mass is 343 g/mol. The summed E-state index contributed by atoms with van der Waals surface area (Å²) < 4.78 is 0. The van der Waals surface area contributed by atoms with E-state index in [4.69, 9.17) is 37.6 Å². The predicted octanol–water partition coefficient (Wildman–Crippen LogP) is -0.420. The second kappa shape index (κ2) is 11.2. The van der Waals surface area contributed by atoms with Crippen molar-refractivity contribution in [3.63, 3.8) is 0 Å². The van der Waals surface area contributed by atoms with Crippen LogP contribution in [0.15, 0.2) is 18.2 Å². The number of carboxylic acids is 2. The lowest BCUT2D eigenvalue weighted by molar-refractivity contribution is -0.139. The van der Waals surface area contributed by atoms with Gasteiger partial charge in [-0.3, -0.25) is 9.59 Å². The second-order valence-corrected chi connectivity index (χ2v) is 5.20. The third-order valence-electron chi connectivity index (χ3n) is 3.10. The number of benzene rings is 1. The molecule has 1 rings (SSSR count). The number of hydrogen-bond acceptors (Lipinski definition) is 7. The lowest BCUT2D eigenvalue weighted by Crippen LogP contribution is -2.32. The molecule has 9 heteroatoms. The van der Waals surface area contributed by atoms with Crippen LogP contribution < -0.4 is 17.2 Å².